The minimum absolute atomic E-state index is 0.382. The zero-order valence-corrected chi connectivity index (χ0v) is 16.3. The van der Waals surface area contributed by atoms with E-state index in [1.807, 2.05) is 6.07 Å². The minimum atomic E-state index is -4.34. The standard InChI is InChI=1S/C22H19F3N2O3/c1-15(28)30-27(2)19-8-10-20(11-9-19)29-21-12-5-17(14-26-21)13-16-3-6-18(7-4-16)22(23,24)25/h3-12,14H,13H2,1-2H3. The van der Waals surface area contributed by atoms with E-state index in [-0.39, 0.29) is 0 Å². The Kier molecular flexibility index (Phi) is 6.25. The Morgan fingerprint density at radius 2 is 1.60 bits per heavy atom. The van der Waals surface area contributed by atoms with Crippen molar-refractivity contribution in [2.75, 3.05) is 12.1 Å². The lowest BCUT2D eigenvalue weighted by Crippen LogP contribution is -2.20. The van der Waals surface area contributed by atoms with Crippen molar-refractivity contribution < 1.29 is 27.5 Å². The molecule has 0 spiro atoms. The second kappa shape index (κ2) is 8.86. The van der Waals surface area contributed by atoms with Gasteiger partial charge < -0.3 is 9.57 Å². The average Bonchev–Trinajstić information content (AvgIpc) is 2.69. The van der Waals surface area contributed by atoms with E-state index >= 15 is 0 Å². The smallest absolute Gasteiger partial charge is 0.416 e. The molecule has 3 rings (SSSR count). The summed E-state index contributed by atoms with van der Waals surface area (Å²) in [5.74, 6) is 0.517. The van der Waals surface area contributed by atoms with Crippen LogP contribution in [0.4, 0.5) is 18.9 Å². The molecule has 1 aromatic heterocycles. The number of halogens is 3. The number of carbonyl (C=O) groups is 1. The van der Waals surface area contributed by atoms with Gasteiger partial charge in [0, 0.05) is 26.2 Å². The molecule has 0 saturated carbocycles. The molecule has 0 unspecified atom stereocenters. The maximum Gasteiger partial charge on any atom is 0.416 e. The third kappa shape index (κ3) is 5.73. The molecule has 0 aliphatic heterocycles. The molecule has 0 fully saturated rings. The van der Waals surface area contributed by atoms with Crippen molar-refractivity contribution in [3.63, 3.8) is 0 Å². The number of nitrogens with zero attached hydrogens (tertiary/aromatic N) is 2. The monoisotopic (exact) mass is 416 g/mol. The molecule has 30 heavy (non-hydrogen) atoms. The first kappa shape index (κ1) is 21.2. The number of hydrogen-bond donors (Lipinski definition) is 0. The maximum atomic E-state index is 12.6. The van der Waals surface area contributed by atoms with Crippen LogP contribution in [0.3, 0.4) is 0 Å². The zero-order chi connectivity index (χ0) is 21.7. The second-order valence-corrected chi connectivity index (χ2v) is 6.55. The molecule has 0 amide bonds. The number of carbonyl (C=O) groups excluding carboxylic acids is 1. The summed E-state index contributed by atoms with van der Waals surface area (Å²) in [6.45, 7) is 1.32. The first-order chi connectivity index (χ1) is 14.2. The summed E-state index contributed by atoms with van der Waals surface area (Å²) in [5, 5.41) is 1.35. The molecule has 0 aliphatic rings. The second-order valence-electron chi connectivity index (χ2n) is 6.55. The summed E-state index contributed by atoms with van der Waals surface area (Å²) in [4.78, 5) is 20.2. The summed E-state index contributed by atoms with van der Waals surface area (Å²) < 4.78 is 43.6. The number of ether oxygens (including phenoxy) is 1. The van der Waals surface area contributed by atoms with Gasteiger partial charge in [-0.25, -0.2) is 10.0 Å². The predicted molar refractivity (Wildman–Crippen MR) is 105 cm³/mol. The highest BCUT2D eigenvalue weighted by Crippen LogP contribution is 2.29. The van der Waals surface area contributed by atoms with Gasteiger partial charge >= 0.3 is 12.1 Å². The molecule has 2 aromatic carbocycles. The van der Waals surface area contributed by atoms with E-state index in [4.69, 9.17) is 9.57 Å². The number of hydrogen-bond acceptors (Lipinski definition) is 5. The van der Waals surface area contributed by atoms with Crippen LogP contribution in [-0.4, -0.2) is 18.0 Å². The molecule has 0 N–H and O–H groups in total. The van der Waals surface area contributed by atoms with Crippen LogP contribution >= 0.6 is 0 Å². The van der Waals surface area contributed by atoms with Gasteiger partial charge in [0.15, 0.2) is 0 Å². The van der Waals surface area contributed by atoms with Gasteiger partial charge in [0.05, 0.1) is 11.3 Å². The number of hydroxylamine groups is 1. The summed E-state index contributed by atoms with van der Waals surface area (Å²) in [7, 11) is 1.62. The summed E-state index contributed by atoms with van der Waals surface area (Å²) in [5.41, 5.74) is 1.61. The van der Waals surface area contributed by atoms with Crippen LogP contribution in [0.1, 0.15) is 23.6 Å². The lowest BCUT2D eigenvalue weighted by atomic mass is 10.0. The van der Waals surface area contributed by atoms with Gasteiger partial charge in [-0.1, -0.05) is 18.2 Å². The lowest BCUT2D eigenvalue weighted by molar-refractivity contribution is -0.142. The van der Waals surface area contributed by atoms with Crippen LogP contribution in [0, 0.1) is 0 Å². The Morgan fingerprint density at radius 3 is 2.13 bits per heavy atom. The first-order valence-corrected chi connectivity index (χ1v) is 9.02. The third-order valence-corrected chi connectivity index (χ3v) is 4.18. The highest BCUT2D eigenvalue weighted by molar-refractivity contribution is 5.67. The van der Waals surface area contributed by atoms with Gasteiger partial charge in [-0.15, -0.1) is 0 Å². The number of benzene rings is 2. The van der Waals surface area contributed by atoms with Crippen LogP contribution in [0.2, 0.25) is 0 Å². The Bertz CT molecular complexity index is 986. The van der Waals surface area contributed by atoms with Crippen LogP contribution < -0.4 is 9.80 Å². The SMILES string of the molecule is CC(=O)ON(C)c1ccc(Oc2ccc(Cc3ccc(C(F)(F)F)cc3)cn2)cc1. The summed E-state index contributed by atoms with van der Waals surface area (Å²) in [6.07, 6.45) is -2.26. The molecule has 8 heteroatoms. The zero-order valence-electron chi connectivity index (χ0n) is 16.3. The van der Waals surface area contributed by atoms with E-state index in [0.717, 1.165) is 23.3 Å². The predicted octanol–water partition coefficient (Wildman–Crippen LogP) is 5.40. The maximum absolute atomic E-state index is 12.6. The molecule has 1 heterocycles. The average molecular weight is 416 g/mol. The Balaban J connectivity index is 1.60. The fraction of sp³-hybridized carbons (Fsp3) is 0.182. The van der Waals surface area contributed by atoms with Gasteiger partial charge in [0.2, 0.25) is 5.88 Å². The molecular weight excluding hydrogens is 397 g/mol. The minimum Gasteiger partial charge on any atom is -0.439 e. The third-order valence-electron chi connectivity index (χ3n) is 4.18. The molecule has 0 bridgehead atoms. The largest absolute Gasteiger partial charge is 0.439 e. The quantitative estimate of drug-likeness (QED) is 0.504. The van der Waals surface area contributed by atoms with Crippen molar-refractivity contribution >= 4 is 11.7 Å². The summed E-state index contributed by atoms with van der Waals surface area (Å²) >= 11 is 0. The number of aromatic nitrogens is 1. The van der Waals surface area contributed by atoms with Crippen molar-refractivity contribution in [3.05, 3.63) is 83.6 Å². The molecule has 0 atom stereocenters. The molecule has 0 saturated heterocycles. The van der Waals surface area contributed by atoms with Crippen molar-refractivity contribution in [1.82, 2.24) is 4.98 Å². The topological polar surface area (TPSA) is 51.7 Å². The van der Waals surface area contributed by atoms with E-state index in [1.165, 1.54) is 24.1 Å². The van der Waals surface area contributed by atoms with Crippen LogP contribution in [0.25, 0.3) is 0 Å². The van der Waals surface area contributed by atoms with Gasteiger partial charge in [0.25, 0.3) is 0 Å². The highest BCUT2D eigenvalue weighted by atomic mass is 19.4. The number of rotatable bonds is 6. The van der Waals surface area contributed by atoms with Crippen LogP contribution in [0.15, 0.2) is 66.9 Å². The van der Waals surface area contributed by atoms with Gasteiger partial charge in [-0.3, -0.25) is 4.79 Å². The van der Waals surface area contributed by atoms with E-state index in [0.29, 0.717) is 23.7 Å². The molecule has 5 nitrogen and oxygen atoms in total. The van der Waals surface area contributed by atoms with Crippen molar-refractivity contribution in [2.24, 2.45) is 0 Å². The van der Waals surface area contributed by atoms with Crippen molar-refractivity contribution in [1.29, 1.82) is 0 Å². The van der Waals surface area contributed by atoms with Crippen LogP contribution in [0.5, 0.6) is 11.6 Å². The normalized spacial score (nSPS) is 11.1. The van der Waals surface area contributed by atoms with E-state index in [2.05, 4.69) is 4.98 Å². The van der Waals surface area contributed by atoms with Crippen molar-refractivity contribution in [2.45, 2.75) is 19.5 Å². The van der Waals surface area contributed by atoms with Gasteiger partial charge in [0.1, 0.15) is 5.75 Å². The molecule has 0 radical (unpaired) electrons. The fourth-order valence-electron chi connectivity index (χ4n) is 2.71. The molecular formula is C22H19F3N2O3. The highest BCUT2D eigenvalue weighted by Gasteiger charge is 2.29. The molecule has 156 valence electrons. The number of anilines is 1. The number of pyridine rings is 1. The molecule has 0 aliphatic carbocycles. The number of alkyl halides is 3. The Hall–Kier alpha value is -3.55. The van der Waals surface area contributed by atoms with Gasteiger partial charge in [-0.2, -0.15) is 13.2 Å². The van der Waals surface area contributed by atoms with Crippen LogP contribution in [-0.2, 0) is 22.2 Å². The van der Waals surface area contributed by atoms with E-state index < -0.39 is 17.7 Å². The molecule has 3 aromatic rings. The van der Waals surface area contributed by atoms with Crippen molar-refractivity contribution in [3.8, 4) is 11.6 Å². The lowest BCUT2D eigenvalue weighted by Gasteiger charge is -2.17. The van der Waals surface area contributed by atoms with E-state index in [1.54, 1.807) is 43.6 Å². The van der Waals surface area contributed by atoms with Gasteiger partial charge in [-0.05, 0) is 53.9 Å². The first-order valence-electron chi connectivity index (χ1n) is 9.02. The Labute approximate surface area is 171 Å². The Morgan fingerprint density at radius 1 is 0.967 bits per heavy atom. The fourth-order valence-corrected chi connectivity index (χ4v) is 2.71. The summed E-state index contributed by atoms with van der Waals surface area (Å²) in [6, 6.07) is 15.5. The van der Waals surface area contributed by atoms with E-state index in [9.17, 15) is 18.0 Å².